The Morgan fingerprint density at radius 2 is 1.80 bits per heavy atom. The molecule has 2 saturated heterocycles. The zero-order chi connectivity index (χ0) is 25.1. The Bertz CT molecular complexity index is 1140. The molecule has 9 nitrogen and oxygen atoms in total. The molecular formula is C26H32N4O5. The smallest absolute Gasteiger partial charge is 0.262 e. The minimum atomic E-state index is -1.26. The van der Waals surface area contributed by atoms with Crippen molar-refractivity contribution in [2.75, 3.05) is 44.7 Å². The molecule has 4 rings (SSSR count). The van der Waals surface area contributed by atoms with E-state index in [9.17, 15) is 25.4 Å². The molecule has 9 heteroatoms. The van der Waals surface area contributed by atoms with E-state index in [1.54, 1.807) is 6.92 Å². The second-order valence-corrected chi connectivity index (χ2v) is 9.37. The number of likely N-dealkylation sites (N-methyl/N-ethyl adjacent to an activating group) is 1. The van der Waals surface area contributed by atoms with Gasteiger partial charge in [0.15, 0.2) is 6.29 Å². The number of benzene rings is 2. The number of nitrogens with zero attached hydrogens (tertiary/aromatic N) is 3. The van der Waals surface area contributed by atoms with Crippen molar-refractivity contribution in [3.63, 3.8) is 0 Å². The fraction of sp³-hybridized carbons (Fsp3) is 0.462. The molecule has 2 aliphatic heterocycles. The number of aliphatic hydroxyl groups excluding tert-OH is 3. The average Bonchev–Trinajstić information content (AvgIpc) is 2.87. The number of carbonyl (C=O) groups is 1. The predicted octanol–water partition coefficient (Wildman–Crippen LogP) is 0.690. The highest BCUT2D eigenvalue weighted by Gasteiger charge is 2.41. The summed E-state index contributed by atoms with van der Waals surface area (Å²) in [6.07, 6.45) is -3.18. The van der Waals surface area contributed by atoms with Crippen LogP contribution < -0.4 is 10.2 Å². The maximum Gasteiger partial charge on any atom is 0.262 e. The molecular weight excluding hydrogens is 448 g/mol. The van der Waals surface area contributed by atoms with Crippen molar-refractivity contribution in [2.24, 2.45) is 5.92 Å². The summed E-state index contributed by atoms with van der Waals surface area (Å²) in [6, 6.07) is 14.0. The van der Waals surface area contributed by atoms with E-state index in [2.05, 4.69) is 34.3 Å². The number of ether oxygens (including phenoxy) is 1. The van der Waals surface area contributed by atoms with Crippen LogP contribution in [0.2, 0.25) is 0 Å². The van der Waals surface area contributed by atoms with Crippen LogP contribution in [0.15, 0.2) is 42.0 Å². The Labute approximate surface area is 204 Å². The van der Waals surface area contributed by atoms with Crippen LogP contribution in [0.25, 0.3) is 16.8 Å². The summed E-state index contributed by atoms with van der Waals surface area (Å²) in [4.78, 5) is 17.3. The molecule has 0 aliphatic carbocycles. The van der Waals surface area contributed by atoms with Gasteiger partial charge in [-0.25, -0.2) is 0 Å². The third-order valence-electron chi connectivity index (χ3n) is 6.89. The van der Waals surface area contributed by atoms with Crippen LogP contribution in [-0.2, 0) is 9.53 Å². The van der Waals surface area contributed by atoms with Gasteiger partial charge in [-0.05, 0) is 47.7 Å². The van der Waals surface area contributed by atoms with E-state index in [0.29, 0.717) is 5.56 Å². The van der Waals surface area contributed by atoms with Gasteiger partial charge in [0.1, 0.15) is 23.9 Å². The lowest BCUT2D eigenvalue weighted by atomic mass is 9.92. The van der Waals surface area contributed by atoms with E-state index < -0.39 is 36.4 Å². The fourth-order valence-corrected chi connectivity index (χ4v) is 4.46. The Hall–Kier alpha value is -3.00. The topological polar surface area (TPSA) is 129 Å². The maximum absolute atomic E-state index is 12.6. The van der Waals surface area contributed by atoms with E-state index >= 15 is 0 Å². The van der Waals surface area contributed by atoms with Crippen LogP contribution in [0.1, 0.15) is 12.5 Å². The first-order valence-corrected chi connectivity index (χ1v) is 11.8. The van der Waals surface area contributed by atoms with E-state index in [0.717, 1.165) is 37.0 Å². The molecule has 1 amide bonds. The van der Waals surface area contributed by atoms with Gasteiger partial charge in [-0.1, -0.05) is 25.1 Å². The highest BCUT2D eigenvalue weighted by atomic mass is 16.6. The standard InChI is InChI=1S/C26H32N4O5/c1-16-23(31)24(32)22(35-26(16)34)15-28-25(33)20(14-27)12-17-3-4-19-13-21(6-5-18(19)11-17)30-9-7-29(2)8-10-30/h3-6,11-13,16,22-24,26,31-32,34H,7-10,15H2,1-2H3,(H,28,33)/b20-12+/t16-,22-,23-,24-,26?/m1/s1. The maximum atomic E-state index is 12.6. The molecule has 2 fully saturated rings. The zero-order valence-electron chi connectivity index (χ0n) is 20.0. The first kappa shape index (κ1) is 25.1. The van der Waals surface area contributed by atoms with Gasteiger partial charge >= 0.3 is 0 Å². The van der Waals surface area contributed by atoms with Crippen LogP contribution in [0.4, 0.5) is 5.69 Å². The van der Waals surface area contributed by atoms with Crippen LogP contribution in [0.5, 0.6) is 0 Å². The highest BCUT2D eigenvalue weighted by Crippen LogP contribution is 2.26. The molecule has 2 aliphatic rings. The molecule has 4 N–H and O–H groups in total. The molecule has 186 valence electrons. The Morgan fingerprint density at radius 3 is 2.51 bits per heavy atom. The molecule has 2 heterocycles. The molecule has 0 spiro atoms. The number of rotatable bonds is 5. The van der Waals surface area contributed by atoms with Gasteiger partial charge in [-0.3, -0.25) is 4.79 Å². The summed E-state index contributed by atoms with van der Waals surface area (Å²) >= 11 is 0. The minimum Gasteiger partial charge on any atom is -0.390 e. The Kier molecular flexibility index (Phi) is 7.69. The lowest BCUT2D eigenvalue weighted by molar-refractivity contribution is -0.258. The van der Waals surface area contributed by atoms with E-state index in [4.69, 9.17) is 4.74 Å². The third-order valence-corrected chi connectivity index (χ3v) is 6.89. The van der Waals surface area contributed by atoms with Crippen molar-refractivity contribution in [2.45, 2.75) is 31.5 Å². The van der Waals surface area contributed by atoms with Crippen molar-refractivity contribution >= 4 is 28.4 Å². The summed E-state index contributed by atoms with van der Waals surface area (Å²) in [6.45, 7) is 5.44. The second-order valence-electron chi connectivity index (χ2n) is 9.37. The molecule has 1 unspecified atom stereocenters. The first-order chi connectivity index (χ1) is 16.8. The van der Waals surface area contributed by atoms with E-state index in [1.807, 2.05) is 30.3 Å². The molecule has 0 aromatic heterocycles. The number of nitrogens with one attached hydrogen (secondary N) is 1. The molecule has 2 aromatic rings. The first-order valence-electron chi connectivity index (χ1n) is 11.8. The number of amides is 1. The van der Waals surface area contributed by atoms with Gasteiger partial charge in [0, 0.05) is 44.3 Å². The summed E-state index contributed by atoms with van der Waals surface area (Å²) < 4.78 is 5.29. The molecule has 2 aromatic carbocycles. The van der Waals surface area contributed by atoms with Gasteiger partial charge in [0.05, 0.1) is 6.10 Å². The lowest BCUT2D eigenvalue weighted by Crippen LogP contribution is -2.56. The monoisotopic (exact) mass is 480 g/mol. The van der Waals surface area contributed by atoms with Gasteiger partial charge < -0.3 is 35.2 Å². The molecule has 0 bridgehead atoms. The number of piperazine rings is 1. The SMILES string of the molecule is C[C@H]1C(O)O[C@H](CNC(=O)/C(C#N)=C/c2ccc3cc(N4CCN(C)CC4)ccc3c2)[C@@H](O)[C@@H]1O. The van der Waals surface area contributed by atoms with Crippen molar-refractivity contribution in [1.29, 1.82) is 5.26 Å². The summed E-state index contributed by atoms with van der Waals surface area (Å²) in [5, 5.41) is 44.2. The van der Waals surface area contributed by atoms with Crippen LogP contribution in [0.3, 0.4) is 0 Å². The number of fused-ring (bicyclic) bond motifs is 1. The Morgan fingerprint density at radius 1 is 1.11 bits per heavy atom. The zero-order valence-corrected chi connectivity index (χ0v) is 20.0. The van der Waals surface area contributed by atoms with E-state index in [1.165, 1.54) is 11.8 Å². The van der Waals surface area contributed by atoms with Crippen molar-refractivity contribution in [3.05, 3.63) is 47.5 Å². The van der Waals surface area contributed by atoms with Gasteiger partial charge in [0.2, 0.25) is 0 Å². The molecule has 0 radical (unpaired) electrons. The van der Waals surface area contributed by atoms with Gasteiger partial charge in [0.25, 0.3) is 5.91 Å². The van der Waals surface area contributed by atoms with Crippen LogP contribution >= 0.6 is 0 Å². The normalized spacial score (nSPS) is 28.1. The number of hydrogen-bond donors (Lipinski definition) is 4. The summed E-state index contributed by atoms with van der Waals surface area (Å²) in [5.74, 6) is -1.28. The molecule has 5 atom stereocenters. The predicted molar refractivity (Wildman–Crippen MR) is 132 cm³/mol. The summed E-state index contributed by atoms with van der Waals surface area (Å²) in [5.41, 5.74) is 1.80. The lowest BCUT2D eigenvalue weighted by Gasteiger charge is -2.39. The van der Waals surface area contributed by atoms with Gasteiger partial charge in [-0.2, -0.15) is 5.26 Å². The minimum absolute atomic E-state index is 0.0989. The quantitative estimate of drug-likeness (QED) is 0.363. The number of aliphatic hydroxyl groups is 3. The number of nitriles is 1. The third kappa shape index (κ3) is 5.64. The fourth-order valence-electron chi connectivity index (χ4n) is 4.46. The van der Waals surface area contributed by atoms with Crippen molar-refractivity contribution in [1.82, 2.24) is 10.2 Å². The molecule has 0 saturated carbocycles. The van der Waals surface area contributed by atoms with Crippen molar-refractivity contribution in [3.8, 4) is 6.07 Å². The number of anilines is 1. The highest BCUT2D eigenvalue weighted by molar-refractivity contribution is 6.02. The number of hydrogen-bond acceptors (Lipinski definition) is 8. The van der Waals surface area contributed by atoms with Crippen molar-refractivity contribution < 1.29 is 24.9 Å². The van der Waals surface area contributed by atoms with E-state index in [-0.39, 0.29) is 12.1 Å². The van der Waals surface area contributed by atoms with Gasteiger partial charge in [-0.15, -0.1) is 0 Å². The largest absolute Gasteiger partial charge is 0.390 e. The summed E-state index contributed by atoms with van der Waals surface area (Å²) in [7, 11) is 2.13. The second kappa shape index (κ2) is 10.7. The average molecular weight is 481 g/mol. The van der Waals surface area contributed by atoms with Crippen LogP contribution in [-0.4, -0.2) is 90.5 Å². The number of carbonyl (C=O) groups excluding carboxylic acids is 1. The molecule has 35 heavy (non-hydrogen) atoms. The van der Waals surface area contributed by atoms with Crippen LogP contribution in [0, 0.1) is 17.2 Å². The Balaban J connectivity index is 1.43.